The highest BCUT2D eigenvalue weighted by atomic mass is 19.3. The van der Waals surface area contributed by atoms with Crippen LogP contribution in [0.1, 0.15) is 12.0 Å². The van der Waals surface area contributed by atoms with Crippen LogP contribution in [0.4, 0.5) is 19.0 Å². The molecule has 0 saturated heterocycles. The summed E-state index contributed by atoms with van der Waals surface area (Å²) >= 11 is 0. The van der Waals surface area contributed by atoms with E-state index in [-0.39, 0.29) is 0 Å². The molecule has 1 rings (SSSR count). The molecule has 72 valence electrons. The Labute approximate surface area is 72.3 Å². The molecule has 2 N–H and O–H groups in total. The molecule has 1 aromatic heterocycles. The number of methoxy groups -OCH3 is 1. The lowest BCUT2D eigenvalue weighted by Gasteiger charge is -2.08. The van der Waals surface area contributed by atoms with E-state index in [0.29, 0.717) is 0 Å². The van der Waals surface area contributed by atoms with Crippen molar-refractivity contribution in [3.63, 3.8) is 0 Å². The molecular weight excluding hydrogens is 185 g/mol. The van der Waals surface area contributed by atoms with Crippen molar-refractivity contribution < 1.29 is 17.9 Å². The first-order chi connectivity index (χ1) is 6.07. The number of hydrogen-bond donors (Lipinski definition) is 1. The molecule has 0 bridgehead atoms. The van der Waals surface area contributed by atoms with Gasteiger partial charge in [-0.05, 0) is 0 Å². The van der Waals surface area contributed by atoms with Gasteiger partial charge in [-0.1, -0.05) is 0 Å². The molecule has 0 aliphatic heterocycles. The van der Waals surface area contributed by atoms with Crippen LogP contribution in [0.2, 0.25) is 0 Å². The maximum atomic E-state index is 13.0. The first-order valence-electron chi connectivity index (χ1n) is 3.34. The number of nitrogens with two attached hydrogens (primary N) is 1. The highest BCUT2D eigenvalue weighted by molar-refractivity contribution is 5.44. The van der Waals surface area contributed by atoms with Gasteiger partial charge in [0.1, 0.15) is 0 Å². The van der Waals surface area contributed by atoms with Gasteiger partial charge in [-0.25, -0.2) is 13.8 Å². The van der Waals surface area contributed by atoms with Gasteiger partial charge in [-0.2, -0.15) is 4.39 Å². The number of hydrogen-bond acceptors (Lipinski definition) is 3. The van der Waals surface area contributed by atoms with Crippen molar-refractivity contribution in [1.82, 2.24) is 4.98 Å². The van der Waals surface area contributed by atoms with Crippen LogP contribution in [-0.2, 0) is 0 Å². The van der Waals surface area contributed by atoms with Crippen molar-refractivity contribution in [1.29, 1.82) is 0 Å². The smallest absolute Gasteiger partial charge is 0.269 e. The van der Waals surface area contributed by atoms with E-state index in [1.807, 2.05) is 0 Å². The van der Waals surface area contributed by atoms with Crippen LogP contribution in [0.15, 0.2) is 6.20 Å². The molecule has 0 atom stereocenters. The molecule has 0 spiro atoms. The first-order valence-corrected chi connectivity index (χ1v) is 3.34. The number of ether oxygens (including phenoxy) is 1. The molecule has 0 amide bonds. The highest BCUT2D eigenvalue weighted by Crippen LogP contribution is 2.32. The SMILES string of the molecule is COc1c(C(F)F)cnc(N)c1F. The van der Waals surface area contributed by atoms with Gasteiger partial charge in [0, 0.05) is 6.20 Å². The molecule has 0 aliphatic carbocycles. The minimum absolute atomic E-state index is 0.457. The quantitative estimate of drug-likeness (QED) is 0.776. The van der Waals surface area contributed by atoms with Crippen molar-refractivity contribution >= 4 is 5.82 Å². The van der Waals surface area contributed by atoms with Crippen LogP contribution < -0.4 is 10.5 Å². The molecule has 1 heterocycles. The van der Waals surface area contributed by atoms with Gasteiger partial charge in [-0.15, -0.1) is 0 Å². The standard InChI is InChI=1S/C7H7F3N2O/c1-13-5-3(6(9)10)2-12-7(11)4(5)8/h2,6H,1H3,(H2,11,12). The number of pyridine rings is 1. The number of rotatable bonds is 2. The van der Waals surface area contributed by atoms with Gasteiger partial charge < -0.3 is 10.5 Å². The van der Waals surface area contributed by atoms with Gasteiger partial charge in [0.2, 0.25) is 5.82 Å². The third-order valence-corrected chi connectivity index (χ3v) is 1.47. The summed E-state index contributed by atoms with van der Waals surface area (Å²) in [4.78, 5) is 3.25. The summed E-state index contributed by atoms with van der Waals surface area (Å²) in [7, 11) is 1.09. The number of nitrogens with zero attached hydrogens (tertiary/aromatic N) is 1. The zero-order valence-corrected chi connectivity index (χ0v) is 6.72. The Morgan fingerprint density at radius 2 is 2.15 bits per heavy atom. The molecule has 0 fully saturated rings. The Hall–Kier alpha value is -1.46. The Morgan fingerprint density at radius 3 is 2.62 bits per heavy atom. The second kappa shape index (κ2) is 3.51. The van der Waals surface area contributed by atoms with Crippen molar-refractivity contribution in [2.75, 3.05) is 12.8 Å². The van der Waals surface area contributed by atoms with Crippen LogP contribution in [0.3, 0.4) is 0 Å². The van der Waals surface area contributed by atoms with Crippen LogP contribution in [0, 0.1) is 5.82 Å². The van der Waals surface area contributed by atoms with Gasteiger partial charge in [0.05, 0.1) is 12.7 Å². The van der Waals surface area contributed by atoms with Crippen LogP contribution in [0.5, 0.6) is 5.75 Å². The molecule has 0 unspecified atom stereocenters. The monoisotopic (exact) mass is 192 g/mol. The Morgan fingerprint density at radius 1 is 1.54 bits per heavy atom. The molecule has 1 aromatic rings. The molecule has 0 radical (unpaired) electrons. The molecule has 3 nitrogen and oxygen atoms in total. The summed E-state index contributed by atoms with van der Waals surface area (Å²) in [5.74, 6) is -2.07. The average molecular weight is 192 g/mol. The van der Waals surface area contributed by atoms with Crippen molar-refractivity contribution in [3.8, 4) is 5.75 Å². The van der Waals surface area contributed by atoms with Gasteiger partial charge in [0.25, 0.3) is 6.43 Å². The van der Waals surface area contributed by atoms with Crippen LogP contribution in [-0.4, -0.2) is 12.1 Å². The summed E-state index contributed by atoms with van der Waals surface area (Å²) in [6.07, 6.45) is -2.04. The summed E-state index contributed by atoms with van der Waals surface area (Å²) in [5, 5.41) is 0. The minimum atomic E-state index is -2.84. The van der Waals surface area contributed by atoms with E-state index in [2.05, 4.69) is 9.72 Å². The molecule has 0 aliphatic rings. The maximum absolute atomic E-state index is 13.0. The van der Waals surface area contributed by atoms with Crippen molar-refractivity contribution in [3.05, 3.63) is 17.6 Å². The van der Waals surface area contributed by atoms with Gasteiger partial charge in [-0.3, -0.25) is 0 Å². The lowest BCUT2D eigenvalue weighted by atomic mass is 10.2. The maximum Gasteiger partial charge on any atom is 0.269 e. The third kappa shape index (κ3) is 1.66. The Bertz CT molecular complexity index is 317. The van der Waals surface area contributed by atoms with E-state index in [0.717, 1.165) is 13.3 Å². The first kappa shape index (κ1) is 9.63. The molecule has 6 heteroatoms. The molecule has 0 aromatic carbocycles. The fraction of sp³-hybridized carbons (Fsp3) is 0.286. The fourth-order valence-corrected chi connectivity index (χ4v) is 0.860. The predicted molar refractivity (Wildman–Crippen MR) is 40.1 cm³/mol. The van der Waals surface area contributed by atoms with Crippen molar-refractivity contribution in [2.45, 2.75) is 6.43 Å². The van der Waals surface area contributed by atoms with E-state index >= 15 is 0 Å². The lowest BCUT2D eigenvalue weighted by Crippen LogP contribution is -2.02. The fourth-order valence-electron chi connectivity index (χ4n) is 0.860. The summed E-state index contributed by atoms with van der Waals surface area (Å²) in [5.41, 5.74) is 4.45. The molecular formula is C7H7F3N2O. The summed E-state index contributed by atoms with van der Waals surface area (Å²) < 4.78 is 41.8. The zero-order chi connectivity index (χ0) is 10.0. The summed E-state index contributed by atoms with van der Waals surface area (Å²) in [6.45, 7) is 0. The number of anilines is 1. The van der Waals surface area contributed by atoms with E-state index in [1.54, 1.807) is 0 Å². The number of aromatic nitrogens is 1. The lowest BCUT2D eigenvalue weighted by molar-refractivity contribution is 0.145. The predicted octanol–water partition coefficient (Wildman–Crippen LogP) is 1.75. The number of halogens is 3. The van der Waals surface area contributed by atoms with E-state index in [4.69, 9.17) is 5.73 Å². The molecule has 13 heavy (non-hydrogen) atoms. The van der Waals surface area contributed by atoms with E-state index < -0.39 is 29.4 Å². The summed E-state index contributed by atoms with van der Waals surface area (Å²) in [6, 6.07) is 0. The molecule has 0 saturated carbocycles. The largest absolute Gasteiger partial charge is 0.493 e. The number of alkyl halides is 2. The van der Waals surface area contributed by atoms with E-state index in [9.17, 15) is 13.2 Å². The third-order valence-electron chi connectivity index (χ3n) is 1.47. The van der Waals surface area contributed by atoms with Gasteiger partial charge >= 0.3 is 0 Å². The van der Waals surface area contributed by atoms with E-state index in [1.165, 1.54) is 0 Å². The highest BCUT2D eigenvalue weighted by Gasteiger charge is 2.20. The second-order valence-electron chi connectivity index (χ2n) is 2.25. The normalized spacial score (nSPS) is 10.5. The Balaban J connectivity index is 3.30. The Kier molecular flexibility index (Phi) is 2.60. The van der Waals surface area contributed by atoms with Crippen molar-refractivity contribution in [2.24, 2.45) is 0 Å². The van der Waals surface area contributed by atoms with Crippen LogP contribution in [0.25, 0.3) is 0 Å². The topological polar surface area (TPSA) is 48.1 Å². The number of nitrogen functional groups attached to an aromatic ring is 1. The zero-order valence-electron chi connectivity index (χ0n) is 6.72. The second-order valence-corrected chi connectivity index (χ2v) is 2.25. The van der Waals surface area contributed by atoms with Gasteiger partial charge in [0.15, 0.2) is 11.6 Å². The average Bonchev–Trinajstić information content (AvgIpc) is 2.09. The minimum Gasteiger partial charge on any atom is -0.493 e. The van der Waals surface area contributed by atoms with Crippen LogP contribution >= 0.6 is 0 Å².